The van der Waals surface area contributed by atoms with Crippen LogP contribution in [0.5, 0.6) is 0 Å². The molecule has 12 heteroatoms. The van der Waals surface area contributed by atoms with E-state index in [1.165, 1.54) is 110 Å². The van der Waals surface area contributed by atoms with Gasteiger partial charge in [-0.3, -0.25) is 14.4 Å². The molecule has 0 bridgehead atoms. The van der Waals surface area contributed by atoms with Gasteiger partial charge in [0.15, 0.2) is 0 Å². The zero-order valence-corrected chi connectivity index (χ0v) is 37.1. The Balaban J connectivity index is 0.000000269. The van der Waals surface area contributed by atoms with E-state index < -0.39 is 18.5 Å². The molecule has 63 heavy (non-hydrogen) atoms. The molecule has 6 rings (SSSR count). The minimum atomic E-state index is -1.19. The van der Waals surface area contributed by atoms with Crippen molar-refractivity contribution in [3.05, 3.63) is 147 Å². The van der Waals surface area contributed by atoms with Gasteiger partial charge in [-0.2, -0.15) is 5.48 Å². The number of carbonyl (C=O) groups excluding carboxylic acids is 2. The van der Waals surface area contributed by atoms with E-state index >= 15 is 0 Å². The maximum absolute atomic E-state index is 11.2. The molecule has 2 aliphatic heterocycles. The van der Waals surface area contributed by atoms with Gasteiger partial charge in [-0.1, -0.05) is 101 Å². The van der Waals surface area contributed by atoms with Crippen molar-refractivity contribution in [3.8, 4) is 0 Å². The Kier molecular flexibility index (Phi) is 22.5. The lowest BCUT2D eigenvalue weighted by Gasteiger charge is -2.27. The molecule has 4 aromatic rings. The normalized spacial score (nSPS) is 12.1. The summed E-state index contributed by atoms with van der Waals surface area (Å²) >= 11 is 0. The summed E-state index contributed by atoms with van der Waals surface area (Å²) in [6, 6.07) is 29.5. The van der Waals surface area contributed by atoms with E-state index in [1.807, 2.05) is 18.2 Å². The van der Waals surface area contributed by atoms with Gasteiger partial charge in [-0.25, -0.2) is 16.2 Å². The van der Waals surface area contributed by atoms with Crippen LogP contribution in [-0.4, -0.2) is 61.1 Å². The summed E-state index contributed by atoms with van der Waals surface area (Å²) in [5, 5.41) is 16.8. The smallest absolute Gasteiger partial charge is 0.384 e. The van der Waals surface area contributed by atoms with Crippen molar-refractivity contribution >= 4 is 53.0 Å². The summed E-state index contributed by atoms with van der Waals surface area (Å²) in [6.45, 7) is 20.4. The highest BCUT2D eigenvalue weighted by molar-refractivity contribution is 5.94. The number of nitrogens with zero attached hydrogens (tertiary/aromatic N) is 4. The molecule has 12 nitrogen and oxygen atoms in total. The Morgan fingerprint density at radius 1 is 0.683 bits per heavy atom. The molecule has 0 unspecified atom stereocenters. The molecule has 4 aromatic carbocycles. The Morgan fingerprint density at radius 2 is 1.14 bits per heavy atom. The molecule has 332 valence electrons. The number of hydrogen-bond donors (Lipinski definition) is 3. The summed E-state index contributed by atoms with van der Waals surface area (Å²) in [5.74, 6) is -2.57. The standard InChI is InChI=1S/C24H26N2O2.C21H25NO.C3H3NO2.C3H7NO2/c1-3-4-5-8-15-26-22-10-7-6-9-19(22)12-13-20-16-18(11-14-23(20)26)17-21(25-2)24(27)28;1-2-3-4-7-14-22-20-9-6-5-8-18(20)11-12-19-15-17(16-23)10-13-21(19)22;1-4-2-3(5)6;1-3(5)6-4-2/h6-7,9-11,14,16-17H,3-5,8,12-13,15H2,1H3,(H,27,28);5-6,8-10,13,15-16H,2-4,7,11-12,14H2,1H3;2H2,(H,5,6);4H,1-2H3/b21-17-;;;. The zero-order chi connectivity index (χ0) is 46.0. The molecular formula is C51H61N5O7. The average molecular weight is 856 g/mol. The minimum absolute atomic E-state index is 0.256. The van der Waals surface area contributed by atoms with Crippen molar-refractivity contribution in [2.45, 2.75) is 97.8 Å². The van der Waals surface area contributed by atoms with Crippen molar-refractivity contribution in [3.63, 3.8) is 0 Å². The number of fused-ring (bicyclic) bond motifs is 4. The fraction of sp³-hybridized carbons (Fsp3) is 0.373. The number of carboxylic acid groups (broad SMARTS) is 2. The maximum atomic E-state index is 11.2. The Hall–Kier alpha value is -6.76. The van der Waals surface area contributed by atoms with Crippen LogP contribution < -0.4 is 15.3 Å². The molecule has 0 saturated carbocycles. The first-order chi connectivity index (χ1) is 30.5. The number of unbranched alkanes of at least 4 members (excludes halogenated alkanes) is 6. The van der Waals surface area contributed by atoms with Crippen LogP contribution in [0.1, 0.15) is 110 Å². The van der Waals surface area contributed by atoms with E-state index in [9.17, 15) is 19.2 Å². The molecule has 0 aromatic heterocycles. The number of nitrogens with one attached hydrogen (secondary N) is 1. The Bertz CT molecular complexity index is 2240. The lowest BCUT2D eigenvalue weighted by atomic mass is 10.0. The minimum Gasteiger partial charge on any atom is -0.486 e. The third-order valence-electron chi connectivity index (χ3n) is 10.4. The molecule has 0 aliphatic carbocycles. The van der Waals surface area contributed by atoms with Crippen LogP contribution in [0.4, 0.5) is 22.7 Å². The molecule has 0 amide bonds. The second-order valence-electron chi connectivity index (χ2n) is 15.0. The van der Waals surface area contributed by atoms with Crippen LogP contribution in [0.2, 0.25) is 0 Å². The molecule has 0 atom stereocenters. The molecule has 0 spiro atoms. The van der Waals surface area contributed by atoms with Gasteiger partial charge in [-0.05, 0) is 109 Å². The number of para-hydroxylation sites is 2. The van der Waals surface area contributed by atoms with Crippen molar-refractivity contribution in [1.29, 1.82) is 0 Å². The third kappa shape index (κ3) is 16.6. The summed E-state index contributed by atoms with van der Waals surface area (Å²) in [4.78, 5) is 56.1. The van der Waals surface area contributed by atoms with Gasteiger partial charge >= 0.3 is 24.5 Å². The number of anilines is 4. The number of hydrogen-bond acceptors (Lipinski definition) is 8. The third-order valence-corrected chi connectivity index (χ3v) is 10.4. The Labute approximate surface area is 372 Å². The lowest BCUT2D eigenvalue weighted by molar-refractivity contribution is -0.147. The lowest BCUT2D eigenvalue weighted by Crippen LogP contribution is -2.19. The fourth-order valence-corrected chi connectivity index (χ4v) is 7.46. The van der Waals surface area contributed by atoms with Crippen LogP contribution in [0.15, 0.2) is 90.6 Å². The van der Waals surface area contributed by atoms with Gasteiger partial charge < -0.3 is 29.7 Å². The van der Waals surface area contributed by atoms with E-state index in [1.54, 1.807) is 0 Å². The van der Waals surface area contributed by atoms with Crippen molar-refractivity contribution in [1.82, 2.24) is 5.48 Å². The van der Waals surface area contributed by atoms with E-state index in [2.05, 4.69) is 110 Å². The summed E-state index contributed by atoms with van der Waals surface area (Å²) in [7, 11) is 1.53. The van der Waals surface area contributed by atoms with Crippen LogP contribution in [0.25, 0.3) is 15.8 Å². The average Bonchev–Trinajstić information content (AvgIpc) is 3.53. The molecule has 0 radical (unpaired) electrons. The van der Waals surface area contributed by atoms with E-state index in [0.717, 1.165) is 62.6 Å². The van der Waals surface area contributed by atoms with Gasteiger partial charge in [0.2, 0.25) is 0 Å². The fourth-order valence-electron chi connectivity index (χ4n) is 7.46. The largest absolute Gasteiger partial charge is 0.486 e. The predicted molar refractivity (Wildman–Crippen MR) is 250 cm³/mol. The van der Waals surface area contributed by atoms with E-state index in [4.69, 9.17) is 23.4 Å². The highest BCUT2D eigenvalue weighted by Gasteiger charge is 2.22. The number of carbonyl (C=O) groups is 4. The summed E-state index contributed by atoms with van der Waals surface area (Å²) in [6.07, 6.45) is 16.2. The zero-order valence-electron chi connectivity index (χ0n) is 37.1. The number of aldehydes is 1. The van der Waals surface area contributed by atoms with Gasteiger partial charge in [0.1, 0.15) is 6.29 Å². The molecular weight excluding hydrogens is 795 g/mol. The van der Waals surface area contributed by atoms with Gasteiger partial charge in [0, 0.05) is 55.4 Å². The van der Waals surface area contributed by atoms with Crippen LogP contribution >= 0.6 is 0 Å². The van der Waals surface area contributed by atoms with Crippen molar-refractivity contribution in [2.24, 2.45) is 0 Å². The highest BCUT2D eigenvalue weighted by atomic mass is 16.7. The molecule has 3 N–H and O–H groups in total. The quantitative estimate of drug-likeness (QED) is 0.0347. The number of rotatable bonds is 15. The van der Waals surface area contributed by atoms with E-state index in [0.29, 0.717) is 0 Å². The number of hydroxylamine groups is 1. The van der Waals surface area contributed by atoms with Gasteiger partial charge in [-0.15, -0.1) is 0 Å². The topological polar surface area (TPSA) is 145 Å². The first-order valence-electron chi connectivity index (χ1n) is 21.6. The summed E-state index contributed by atoms with van der Waals surface area (Å²) < 4.78 is 0. The number of aryl methyl sites for hydroxylation is 4. The highest BCUT2D eigenvalue weighted by Crippen LogP contribution is 2.38. The van der Waals surface area contributed by atoms with Gasteiger partial charge in [0.25, 0.3) is 5.70 Å². The number of aliphatic carboxylic acids is 2. The number of carboxylic acids is 2. The van der Waals surface area contributed by atoms with Crippen molar-refractivity contribution in [2.75, 3.05) is 36.5 Å². The second kappa shape index (κ2) is 28.0. The number of benzene rings is 4. The Morgan fingerprint density at radius 3 is 1.52 bits per heavy atom. The first-order valence-corrected chi connectivity index (χ1v) is 21.6. The molecule has 2 heterocycles. The molecule has 2 aliphatic rings. The maximum Gasteiger partial charge on any atom is 0.384 e. The second-order valence-corrected chi connectivity index (χ2v) is 15.0. The SMILES string of the molecule is CCCCCCN1c2ccccc2CCc2cc(C=O)ccc21.CNOC(C)=O.[C-]#[N+]/C(=C\c1ccc2c(c1)CCc1ccccc1N2CCCCCC)C(=O)O.[C-]#[N+]CC(=O)O. The van der Waals surface area contributed by atoms with Crippen LogP contribution in [0.3, 0.4) is 0 Å². The predicted octanol–water partition coefficient (Wildman–Crippen LogP) is 10.8. The van der Waals surface area contributed by atoms with Crippen molar-refractivity contribution < 1.29 is 34.2 Å². The first kappa shape index (κ1) is 50.6. The monoisotopic (exact) mass is 855 g/mol. The summed E-state index contributed by atoms with van der Waals surface area (Å²) in [5.41, 5.74) is 13.8. The van der Waals surface area contributed by atoms with Crippen LogP contribution in [0, 0.1) is 13.1 Å². The van der Waals surface area contributed by atoms with Crippen LogP contribution in [-0.2, 0) is 44.9 Å². The van der Waals surface area contributed by atoms with E-state index in [-0.39, 0.29) is 11.7 Å². The van der Waals surface area contributed by atoms with Gasteiger partial charge in [0.05, 0.1) is 6.57 Å². The molecule has 0 saturated heterocycles. The molecule has 0 fully saturated rings.